The molecule has 0 fully saturated rings. The van der Waals surface area contributed by atoms with E-state index < -0.39 is 0 Å². The molecule has 0 radical (unpaired) electrons. The van der Waals surface area contributed by atoms with Crippen LogP contribution >= 0.6 is 0 Å². The average Bonchev–Trinajstić information content (AvgIpc) is 2.81. The molecule has 18 heavy (non-hydrogen) atoms. The van der Waals surface area contributed by atoms with E-state index >= 15 is 0 Å². The summed E-state index contributed by atoms with van der Waals surface area (Å²) in [7, 11) is 3.30. The van der Waals surface area contributed by atoms with Crippen LogP contribution in [0.1, 0.15) is 18.4 Å². The van der Waals surface area contributed by atoms with Gasteiger partial charge in [-0.3, -0.25) is 4.79 Å². The van der Waals surface area contributed by atoms with E-state index in [1.807, 2.05) is 18.2 Å². The molecule has 1 aromatic heterocycles. The molecule has 0 atom stereocenters. The lowest BCUT2D eigenvalue weighted by Crippen LogP contribution is -2.17. The van der Waals surface area contributed by atoms with E-state index in [9.17, 15) is 4.79 Å². The fourth-order valence-electron chi connectivity index (χ4n) is 1.95. The van der Waals surface area contributed by atoms with Crippen molar-refractivity contribution in [1.29, 1.82) is 0 Å². The first-order valence-electron chi connectivity index (χ1n) is 5.99. The molecule has 1 amide bonds. The summed E-state index contributed by atoms with van der Waals surface area (Å²) in [6, 6.07) is 5.74. The van der Waals surface area contributed by atoms with Crippen LogP contribution in [0, 0.1) is 0 Å². The quantitative estimate of drug-likeness (QED) is 0.883. The van der Waals surface area contributed by atoms with Crippen molar-refractivity contribution < 1.29 is 13.9 Å². The van der Waals surface area contributed by atoms with Gasteiger partial charge in [-0.1, -0.05) is 0 Å². The Bertz CT molecular complexity index is 545. The minimum Gasteiger partial charge on any atom is -0.497 e. The van der Waals surface area contributed by atoms with Crippen molar-refractivity contribution in [3.63, 3.8) is 0 Å². The number of furan rings is 1. The summed E-state index contributed by atoms with van der Waals surface area (Å²) < 4.78 is 10.7. The Labute approximate surface area is 106 Å². The van der Waals surface area contributed by atoms with Crippen molar-refractivity contribution in [2.75, 3.05) is 14.2 Å². The lowest BCUT2D eigenvalue weighted by Gasteiger charge is -2.01. The Kier molecular flexibility index (Phi) is 3.87. The SMILES string of the molecule is CNC(=O)CCCc1coc2ccc(OC)cc12. The molecule has 96 valence electrons. The summed E-state index contributed by atoms with van der Waals surface area (Å²) >= 11 is 0. The van der Waals surface area contributed by atoms with Crippen LogP contribution in [0.5, 0.6) is 5.75 Å². The van der Waals surface area contributed by atoms with Crippen molar-refractivity contribution in [3.05, 3.63) is 30.0 Å². The number of aryl methyl sites for hydroxylation is 1. The number of rotatable bonds is 5. The molecular weight excluding hydrogens is 230 g/mol. The molecule has 0 aliphatic heterocycles. The molecule has 0 bridgehead atoms. The number of fused-ring (bicyclic) bond motifs is 1. The predicted molar refractivity (Wildman–Crippen MR) is 69.8 cm³/mol. The van der Waals surface area contributed by atoms with Gasteiger partial charge in [0.1, 0.15) is 11.3 Å². The van der Waals surface area contributed by atoms with Gasteiger partial charge in [-0.2, -0.15) is 0 Å². The first kappa shape index (κ1) is 12.5. The highest BCUT2D eigenvalue weighted by molar-refractivity contribution is 5.82. The third-order valence-electron chi connectivity index (χ3n) is 2.99. The van der Waals surface area contributed by atoms with Gasteiger partial charge in [0.25, 0.3) is 0 Å². The molecule has 2 aromatic rings. The maximum absolute atomic E-state index is 11.1. The molecular formula is C14H17NO3. The van der Waals surface area contributed by atoms with Crippen LogP contribution in [0.2, 0.25) is 0 Å². The zero-order valence-corrected chi connectivity index (χ0v) is 10.7. The number of amides is 1. The Hall–Kier alpha value is -1.97. The van der Waals surface area contributed by atoms with Crippen molar-refractivity contribution in [2.24, 2.45) is 0 Å². The summed E-state index contributed by atoms with van der Waals surface area (Å²) in [5.74, 6) is 0.886. The van der Waals surface area contributed by atoms with Gasteiger partial charge < -0.3 is 14.5 Å². The van der Waals surface area contributed by atoms with Crippen molar-refractivity contribution in [1.82, 2.24) is 5.32 Å². The van der Waals surface area contributed by atoms with E-state index in [0.29, 0.717) is 6.42 Å². The third-order valence-corrected chi connectivity index (χ3v) is 2.99. The normalized spacial score (nSPS) is 10.6. The molecule has 2 rings (SSSR count). The molecule has 0 saturated carbocycles. The Morgan fingerprint density at radius 3 is 3.00 bits per heavy atom. The molecule has 0 aliphatic rings. The van der Waals surface area contributed by atoms with Crippen LogP contribution in [0.4, 0.5) is 0 Å². The Morgan fingerprint density at radius 2 is 2.28 bits per heavy atom. The number of hydrogen-bond donors (Lipinski definition) is 1. The highest BCUT2D eigenvalue weighted by Crippen LogP contribution is 2.26. The number of nitrogens with one attached hydrogen (secondary N) is 1. The van der Waals surface area contributed by atoms with E-state index in [2.05, 4.69) is 5.32 Å². The van der Waals surface area contributed by atoms with Gasteiger partial charge in [0.15, 0.2) is 0 Å². The van der Waals surface area contributed by atoms with Gasteiger partial charge in [-0.05, 0) is 36.6 Å². The van der Waals surface area contributed by atoms with Crippen LogP contribution in [-0.4, -0.2) is 20.1 Å². The van der Waals surface area contributed by atoms with E-state index in [1.165, 1.54) is 0 Å². The van der Waals surface area contributed by atoms with Crippen LogP contribution in [-0.2, 0) is 11.2 Å². The highest BCUT2D eigenvalue weighted by Gasteiger charge is 2.07. The second kappa shape index (κ2) is 5.58. The van der Waals surface area contributed by atoms with Gasteiger partial charge in [0.2, 0.25) is 5.91 Å². The molecule has 4 heteroatoms. The van der Waals surface area contributed by atoms with Crippen LogP contribution in [0.3, 0.4) is 0 Å². The lowest BCUT2D eigenvalue weighted by molar-refractivity contribution is -0.120. The van der Waals surface area contributed by atoms with Crippen molar-refractivity contribution in [2.45, 2.75) is 19.3 Å². The molecule has 0 aliphatic carbocycles. The van der Waals surface area contributed by atoms with Crippen LogP contribution in [0.25, 0.3) is 11.0 Å². The molecule has 1 N–H and O–H groups in total. The summed E-state index contributed by atoms with van der Waals surface area (Å²) in [5, 5.41) is 3.68. The summed E-state index contributed by atoms with van der Waals surface area (Å²) in [6.07, 6.45) is 3.93. The first-order valence-corrected chi connectivity index (χ1v) is 5.99. The summed E-state index contributed by atoms with van der Waals surface area (Å²) in [4.78, 5) is 11.1. The Morgan fingerprint density at radius 1 is 1.44 bits per heavy atom. The fraction of sp³-hybridized carbons (Fsp3) is 0.357. The standard InChI is InChI=1S/C14H17NO3/c1-15-14(16)5-3-4-10-9-18-13-7-6-11(17-2)8-12(10)13/h6-9H,3-5H2,1-2H3,(H,15,16). The minimum absolute atomic E-state index is 0.0698. The minimum atomic E-state index is 0.0698. The first-order chi connectivity index (χ1) is 8.74. The second-order valence-electron chi connectivity index (χ2n) is 4.15. The smallest absolute Gasteiger partial charge is 0.219 e. The number of hydrogen-bond acceptors (Lipinski definition) is 3. The largest absolute Gasteiger partial charge is 0.497 e. The molecule has 0 spiro atoms. The molecule has 0 unspecified atom stereocenters. The van der Waals surface area contributed by atoms with Crippen molar-refractivity contribution >= 4 is 16.9 Å². The van der Waals surface area contributed by atoms with E-state index in [-0.39, 0.29) is 5.91 Å². The number of carbonyl (C=O) groups is 1. The number of methoxy groups -OCH3 is 1. The maximum Gasteiger partial charge on any atom is 0.219 e. The number of ether oxygens (including phenoxy) is 1. The second-order valence-corrected chi connectivity index (χ2v) is 4.15. The summed E-state index contributed by atoms with van der Waals surface area (Å²) in [5.41, 5.74) is 1.97. The van der Waals surface area contributed by atoms with Crippen LogP contribution in [0.15, 0.2) is 28.9 Å². The van der Waals surface area contributed by atoms with Crippen LogP contribution < -0.4 is 10.1 Å². The number of carbonyl (C=O) groups excluding carboxylic acids is 1. The van der Waals surface area contributed by atoms with E-state index in [4.69, 9.17) is 9.15 Å². The average molecular weight is 247 g/mol. The molecule has 0 saturated heterocycles. The highest BCUT2D eigenvalue weighted by atomic mass is 16.5. The maximum atomic E-state index is 11.1. The Balaban J connectivity index is 2.10. The predicted octanol–water partition coefficient (Wildman–Crippen LogP) is 2.51. The summed E-state index contributed by atoms with van der Waals surface area (Å²) in [6.45, 7) is 0. The van der Waals surface area contributed by atoms with E-state index in [0.717, 1.165) is 35.1 Å². The lowest BCUT2D eigenvalue weighted by atomic mass is 10.1. The van der Waals surface area contributed by atoms with E-state index in [1.54, 1.807) is 20.4 Å². The van der Waals surface area contributed by atoms with Crippen molar-refractivity contribution in [3.8, 4) is 5.75 Å². The third kappa shape index (κ3) is 2.64. The van der Waals surface area contributed by atoms with Gasteiger partial charge >= 0.3 is 0 Å². The molecule has 1 heterocycles. The fourth-order valence-corrected chi connectivity index (χ4v) is 1.95. The van der Waals surface area contributed by atoms with Gasteiger partial charge in [-0.15, -0.1) is 0 Å². The molecule has 1 aromatic carbocycles. The monoisotopic (exact) mass is 247 g/mol. The topological polar surface area (TPSA) is 51.5 Å². The zero-order valence-electron chi connectivity index (χ0n) is 10.7. The number of benzene rings is 1. The van der Waals surface area contributed by atoms with Gasteiger partial charge in [0.05, 0.1) is 13.4 Å². The van der Waals surface area contributed by atoms with Gasteiger partial charge in [-0.25, -0.2) is 0 Å². The molecule has 4 nitrogen and oxygen atoms in total. The van der Waals surface area contributed by atoms with Gasteiger partial charge in [0, 0.05) is 18.9 Å². The zero-order chi connectivity index (χ0) is 13.0.